The maximum absolute atomic E-state index is 13.9. The van der Waals surface area contributed by atoms with Gasteiger partial charge < -0.3 is 15.0 Å². The van der Waals surface area contributed by atoms with E-state index in [9.17, 15) is 9.18 Å². The average molecular weight is 378 g/mol. The number of benzene rings is 1. The number of hydrogen-bond acceptors (Lipinski definition) is 6. The number of nitrogens with one attached hydrogen (secondary N) is 1. The highest BCUT2D eigenvalue weighted by Gasteiger charge is 2.26. The van der Waals surface area contributed by atoms with Gasteiger partial charge in [-0.3, -0.25) is 4.79 Å². The van der Waals surface area contributed by atoms with Gasteiger partial charge in [-0.2, -0.15) is 0 Å². The molecule has 0 bridgehead atoms. The van der Waals surface area contributed by atoms with Crippen molar-refractivity contribution in [2.75, 3.05) is 36.5 Å². The number of para-hydroxylation sites is 1. The first-order valence-corrected chi connectivity index (χ1v) is 9.69. The van der Waals surface area contributed by atoms with Crippen molar-refractivity contribution in [3.8, 4) is 0 Å². The number of hydrogen-bond donors (Lipinski definition) is 1. The average Bonchev–Trinajstić information content (AvgIpc) is 3.10. The molecule has 1 saturated heterocycles. The summed E-state index contributed by atoms with van der Waals surface area (Å²) in [4.78, 5) is 14.5. The van der Waals surface area contributed by atoms with Gasteiger partial charge in [0.1, 0.15) is 10.8 Å². The second-order valence-corrected chi connectivity index (χ2v) is 7.21. The maximum atomic E-state index is 13.9. The molecule has 26 heavy (non-hydrogen) atoms. The lowest BCUT2D eigenvalue weighted by Crippen LogP contribution is -2.38. The van der Waals surface area contributed by atoms with Crippen molar-refractivity contribution in [2.45, 2.75) is 26.2 Å². The summed E-state index contributed by atoms with van der Waals surface area (Å²) >= 11 is 1.38. The number of carbonyl (C=O) groups is 1. The number of ether oxygens (including phenoxy) is 1. The van der Waals surface area contributed by atoms with Crippen molar-refractivity contribution in [3.05, 3.63) is 35.1 Å². The number of carbonyl (C=O) groups excluding carboxylic acids is 1. The third kappa shape index (κ3) is 4.76. The molecule has 1 aromatic carbocycles. The summed E-state index contributed by atoms with van der Waals surface area (Å²) in [5, 5.41) is 12.3. The van der Waals surface area contributed by atoms with Gasteiger partial charge in [0.2, 0.25) is 11.0 Å². The van der Waals surface area contributed by atoms with E-state index in [-0.39, 0.29) is 17.6 Å². The molecule has 0 radical (unpaired) electrons. The summed E-state index contributed by atoms with van der Waals surface area (Å²) < 4.78 is 19.2. The molecule has 0 atom stereocenters. The van der Waals surface area contributed by atoms with E-state index in [1.807, 2.05) is 17.9 Å². The highest BCUT2D eigenvalue weighted by Crippen LogP contribution is 2.26. The first-order valence-electron chi connectivity index (χ1n) is 8.88. The Balaban J connectivity index is 1.49. The molecule has 0 spiro atoms. The minimum Gasteiger partial charge on any atom is -0.381 e. The van der Waals surface area contributed by atoms with Crippen molar-refractivity contribution in [1.29, 1.82) is 0 Å². The molecule has 3 rings (SSSR count). The van der Waals surface area contributed by atoms with E-state index in [2.05, 4.69) is 15.5 Å². The van der Waals surface area contributed by atoms with Crippen molar-refractivity contribution < 1.29 is 13.9 Å². The van der Waals surface area contributed by atoms with Crippen LogP contribution in [0.3, 0.4) is 0 Å². The van der Waals surface area contributed by atoms with Gasteiger partial charge in [-0.05, 0) is 31.9 Å². The van der Waals surface area contributed by atoms with Crippen LogP contribution in [-0.4, -0.2) is 42.4 Å². The molecule has 0 saturated carbocycles. The smallest absolute Gasteiger partial charge is 0.229 e. The quantitative estimate of drug-likeness (QED) is 0.750. The number of halogens is 1. The molecule has 2 aromatic rings. The van der Waals surface area contributed by atoms with Crippen LogP contribution in [0.5, 0.6) is 0 Å². The molecular formula is C18H23FN4O2S. The minimum atomic E-state index is -0.219. The summed E-state index contributed by atoms with van der Waals surface area (Å²) in [6, 6.07) is 6.76. The second-order valence-electron chi connectivity index (χ2n) is 6.15. The standard InChI is InChI=1S/C18H23FN4O2S/c1-2-25-12-9-16-21-22-18(26-16)20-17(24)13-7-10-23(11-8-13)15-6-4-3-5-14(15)19/h3-6,13H,2,7-12H2,1H3,(H,20,22,24). The summed E-state index contributed by atoms with van der Waals surface area (Å²) in [7, 11) is 0. The fraction of sp³-hybridized carbons (Fsp3) is 0.500. The Hall–Kier alpha value is -2.06. The third-order valence-corrected chi connectivity index (χ3v) is 5.32. The fourth-order valence-corrected chi connectivity index (χ4v) is 3.73. The van der Waals surface area contributed by atoms with Crippen LogP contribution >= 0.6 is 11.3 Å². The van der Waals surface area contributed by atoms with Gasteiger partial charge in [0, 0.05) is 32.0 Å². The SMILES string of the molecule is CCOCCc1nnc(NC(=O)C2CCN(c3ccccc3F)CC2)s1. The molecule has 1 fully saturated rings. The third-order valence-electron chi connectivity index (χ3n) is 4.42. The van der Waals surface area contributed by atoms with Crippen molar-refractivity contribution in [3.63, 3.8) is 0 Å². The van der Waals surface area contributed by atoms with Gasteiger partial charge >= 0.3 is 0 Å². The molecule has 0 aliphatic carbocycles. The summed E-state index contributed by atoms with van der Waals surface area (Å²) in [5.74, 6) is -0.344. The lowest BCUT2D eigenvalue weighted by Gasteiger charge is -2.33. The first-order chi connectivity index (χ1) is 12.7. The molecule has 1 aliphatic rings. The minimum absolute atomic E-state index is 0.0364. The normalized spacial score (nSPS) is 15.2. The van der Waals surface area contributed by atoms with Crippen LogP contribution in [0.4, 0.5) is 15.2 Å². The van der Waals surface area contributed by atoms with Crippen LogP contribution in [-0.2, 0) is 16.0 Å². The largest absolute Gasteiger partial charge is 0.381 e. The molecule has 1 aromatic heterocycles. The molecule has 1 amide bonds. The van der Waals surface area contributed by atoms with E-state index in [4.69, 9.17) is 4.74 Å². The van der Waals surface area contributed by atoms with Gasteiger partial charge in [0.15, 0.2) is 0 Å². The van der Waals surface area contributed by atoms with Gasteiger partial charge in [-0.25, -0.2) is 4.39 Å². The zero-order valence-electron chi connectivity index (χ0n) is 14.8. The van der Waals surface area contributed by atoms with Crippen molar-refractivity contribution >= 4 is 28.1 Å². The van der Waals surface area contributed by atoms with Crippen molar-refractivity contribution in [1.82, 2.24) is 10.2 Å². The molecule has 8 heteroatoms. The molecule has 0 unspecified atom stereocenters. The number of amides is 1. The summed E-state index contributed by atoms with van der Waals surface area (Å²) in [5.41, 5.74) is 0.606. The van der Waals surface area contributed by atoms with Crippen LogP contribution < -0.4 is 10.2 Å². The topological polar surface area (TPSA) is 67.4 Å². The Labute approximate surface area is 156 Å². The van der Waals surface area contributed by atoms with Crippen LogP contribution in [0.2, 0.25) is 0 Å². The number of aromatic nitrogens is 2. The number of piperidine rings is 1. The van der Waals surface area contributed by atoms with E-state index in [0.29, 0.717) is 56.4 Å². The van der Waals surface area contributed by atoms with Gasteiger partial charge in [0.25, 0.3) is 0 Å². The lowest BCUT2D eigenvalue weighted by molar-refractivity contribution is -0.120. The van der Waals surface area contributed by atoms with Crippen LogP contribution in [0.25, 0.3) is 0 Å². The van der Waals surface area contributed by atoms with Crippen LogP contribution in [0.15, 0.2) is 24.3 Å². The predicted molar refractivity (Wildman–Crippen MR) is 100 cm³/mol. The molecular weight excluding hydrogens is 355 g/mol. The van der Waals surface area contributed by atoms with Gasteiger partial charge in [-0.15, -0.1) is 10.2 Å². The maximum Gasteiger partial charge on any atom is 0.229 e. The summed E-state index contributed by atoms with van der Waals surface area (Å²) in [6.07, 6.45) is 2.08. The lowest BCUT2D eigenvalue weighted by atomic mass is 9.95. The van der Waals surface area contributed by atoms with E-state index >= 15 is 0 Å². The molecule has 2 heterocycles. The fourth-order valence-electron chi connectivity index (χ4n) is 3.01. The Morgan fingerprint density at radius 2 is 2.12 bits per heavy atom. The molecule has 1 aliphatic heterocycles. The Morgan fingerprint density at radius 1 is 1.35 bits per heavy atom. The zero-order valence-corrected chi connectivity index (χ0v) is 15.6. The van der Waals surface area contributed by atoms with Gasteiger partial charge in [-0.1, -0.05) is 23.5 Å². The number of rotatable bonds is 7. The van der Waals surface area contributed by atoms with Crippen LogP contribution in [0, 0.1) is 11.7 Å². The molecule has 6 nitrogen and oxygen atoms in total. The number of nitrogens with zero attached hydrogens (tertiary/aromatic N) is 3. The molecule has 140 valence electrons. The Morgan fingerprint density at radius 3 is 2.85 bits per heavy atom. The Kier molecular flexibility index (Phi) is 6.51. The van der Waals surface area contributed by atoms with Crippen LogP contribution in [0.1, 0.15) is 24.8 Å². The molecule has 1 N–H and O–H groups in total. The van der Waals surface area contributed by atoms with E-state index in [0.717, 1.165) is 5.01 Å². The monoisotopic (exact) mass is 378 g/mol. The second kappa shape index (κ2) is 9.05. The Bertz CT molecular complexity index is 731. The zero-order chi connectivity index (χ0) is 18.4. The highest BCUT2D eigenvalue weighted by molar-refractivity contribution is 7.15. The first kappa shape index (κ1) is 18.7. The number of anilines is 2. The van der Waals surface area contributed by atoms with Crippen molar-refractivity contribution in [2.24, 2.45) is 5.92 Å². The predicted octanol–water partition coefficient (Wildman–Crippen LogP) is 3.11. The summed E-state index contributed by atoms with van der Waals surface area (Å²) in [6.45, 7) is 4.55. The van der Waals surface area contributed by atoms with E-state index in [1.54, 1.807) is 12.1 Å². The van der Waals surface area contributed by atoms with Gasteiger partial charge in [0.05, 0.1) is 12.3 Å². The van der Waals surface area contributed by atoms with E-state index < -0.39 is 0 Å². The highest BCUT2D eigenvalue weighted by atomic mass is 32.1. The van der Waals surface area contributed by atoms with E-state index in [1.165, 1.54) is 17.4 Å².